The van der Waals surface area contributed by atoms with Crippen molar-refractivity contribution in [2.45, 2.75) is 13.0 Å². The number of rotatable bonds is 5. The molecule has 3 aromatic rings. The van der Waals surface area contributed by atoms with Crippen LogP contribution in [0.2, 0.25) is 0 Å². The molecule has 2 N–H and O–H groups in total. The average molecular weight is 373 g/mol. The Hall–Kier alpha value is -3.34. The van der Waals surface area contributed by atoms with E-state index in [4.69, 9.17) is 0 Å². The van der Waals surface area contributed by atoms with Gasteiger partial charge in [-0.25, -0.2) is 4.79 Å². The molecule has 0 aromatic heterocycles. The van der Waals surface area contributed by atoms with Crippen LogP contribution in [0.25, 0.3) is 10.8 Å². The van der Waals surface area contributed by atoms with E-state index in [-0.39, 0.29) is 17.9 Å². The second-order valence-electron chi connectivity index (χ2n) is 7.11. The van der Waals surface area contributed by atoms with E-state index in [0.717, 1.165) is 22.0 Å². The summed E-state index contributed by atoms with van der Waals surface area (Å²) in [5, 5.41) is 8.13. The number of amides is 3. The molecule has 3 amide bonds. The normalized spacial score (nSPS) is 16.4. The Labute approximate surface area is 164 Å². The van der Waals surface area contributed by atoms with Crippen molar-refractivity contribution >= 4 is 28.4 Å². The van der Waals surface area contributed by atoms with Crippen molar-refractivity contribution < 1.29 is 9.59 Å². The van der Waals surface area contributed by atoms with E-state index in [1.54, 1.807) is 4.90 Å². The number of carbonyl (C=O) groups excluding carboxylic acids is 2. The van der Waals surface area contributed by atoms with Gasteiger partial charge in [-0.3, -0.25) is 4.79 Å². The number of benzene rings is 3. The van der Waals surface area contributed by atoms with E-state index in [1.165, 1.54) is 0 Å². The lowest BCUT2D eigenvalue weighted by atomic mass is 10.0. The summed E-state index contributed by atoms with van der Waals surface area (Å²) in [6, 6.07) is 23.7. The highest BCUT2D eigenvalue weighted by molar-refractivity contribution is 5.95. The molecule has 28 heavy (non-hydrogen) atoms. The van der Waals surface area contributed by atoms with Crippen LogP contribution in [-0.4, -0.2) is 25.0 Å². The third kappa shape index (κ3) is 3.98. The van der Waals surface area contributed by atoms with Crippen LogP contribution in [0.15, 0.2) is 72.8 Å². The predicted molar refractivity (Wildman–Crippen MR) is 111 cm³/mol. The Morgan fingerprint density at radius 3 is 2.54 bits per heavy atom. The van der Waals surface area contributed by atoms with Gasteiger partial charge < -0.3 is 15.5 Å². The molecule has 142 valence electrons. The van der Waals surface area contributed by atoms with Crippen LogP contribution < -0.4 is 15.5 Å². The van der Waals surface area contributed by atoms with Crippen LogP contribution in [0.5, 0.6) is 0 Å². The fraction of sp³-hybridized carbons (Fsp3) is 0.217. The van der Waals surface area contributed by atoms with E-state index >= 15 is 0 Å². The summed E-state index contributed by atoms with van der Waals surface area (Å²) in [5.41, 5.74) is 2.00. The van der Waals surface area contributed by atoms with Crippen molar-refractivity contribution in [2.75, 3.05) is 18.0 Å². The van der Waals surface area contributed by atoms with Gasteiger partial charge >= 0.3 is 6.03 Å². The second-order valence-corrected chi connectivity index (χ2v) is 7.11. The molecule has 5 heteroatoms. The van der Waals surface area contributed by atoms with Gasteiger partial charge in [0.25, 0.3) is 0 Å². The number of urea groups is 1. The zero-order valence-corrected chi connectivity index (χ0v) is 15.6. The molecule has 0 radical (unpaired) electrons. The summed E-state index contributed by atoms with van der Waals surface area (Å²) in [5.74, 6) is 0.227. The van der Waals surface area contributed by atoms with Crippen LogP contribution in [0.1, 0.15) is 12.0 Å². The maximum absolute atomic E-state index is 12.3. The Kier molecular flexibility index (Phi) is 5.24. The quantitative estimate of drug-likeness (QED) is 0.716. The number of hydrogen-bond acceptors (Lipinski definition) is 2. The summed E-state index contributed by atoms with van der Waals surface area (Å²) >= 11 is 0. The zero-order valence-electron chi connectivity index (χ0n) is 15.6. The van der Waals surface area contributed by atoms with E-state index < -0.39 is 0 Å². The molecule has 1 fully saturated rings. The number of nitrogens with zero attached hydrogens (tertiary/aromatic N) is 1. The molecule has 0 spiro atoms. The first-order valence-electron chi connectivity index (χ1n) is 9.54. The molecule has 0 saturated carbocycles. The van der Waals surface area contributed by atoms with Gasteiger partial charge in [0, 0.05) is 37.7 Å². The maximum Gasteiger partial charge on any atom is 0.315 e. The summed E-state index contributed by atoms with van der Waals surface area (Å²) in [6.07, 6.45) is 0.457. The first-order chi connectivity index (χ1) is 13.7. The van der Waals surface area contributed by atoms with Crippen LogP contribution >= 0.6 is 0 Å². The van der Waals surface area contributed by atoms with Gasteiger partial charge in [0.1, 0.15) is 0 Å². The molecule has 0 bridgehead atoms. The van der Waals surface area contributed by atoms with E-state index in [9.17, 15) is 9.59 Å². The lowest BCUT2D eigenvalue weighted by Crippen LogP contribution is -2.38. The topological polar surface area (TPSA) is 61.4 Å². The average Bonchev–Trinajstić information content (AvgIpc) is 3.12. The minimum Gasteiger partial charge on any atom is -0.338 e. The highest BCUT2D eigenvalue weighted by atomic mass is 16.2. The predicted octanol–water partition coefficient (Wildman–Crippen LogP) is 3.69. The molecule has 5 nitrogen and oxygen atoms in total. The summed E-state index contributed by atoms with van der Waals surface area (Å²) in [7, 11) is 0. The van der Waals surface area contributed by atoms with E-state index in [0.29, 0.717) is 26.1 Å². The SMILES string of the molecule is O=C(NCc1cccc2ccccc12)NCC1CC(=O)N(c2ccccc2)C1. The van der Waals surface area contributed by atoms with Gasteiger partial charge in [-0.15, -0.1) is 0 Å². The maximum atomic E-state index is 12.3. The van der Waals surface area contributed by atoms with Crippen LogP contribution in [-0.2, 0) is 11.3 Å². The standard InChI is InChI=1S/C23H23N3O2/c27-22-13-17(16-26(22)20-10-2-1-3-11-20)14-24-23(28)25-15-19-9-6-8-18-7-4-5-12-21(18)19/h1-12,17H,13-16H2,(H2,24,25,28). The van der Waals surface area contributed by atoms with Gasteiger partial charge in [0.2, 0.25) is 5.91 Å². The minimum absolute atomic E-state index is 0.106. The van der Waals surface area contributed by atoms with Gasteiger partial charge in [-0.05, 0) is 28.5 Å². The lowest BCUT2D eigenvalue weighted by Gasteiger charge is -2.17. The fourth-order valence-corrected chi connectivity index (χ4v) is 3.70. The highest BCUT2D eigenvalue weighted by Crippen LogP contribution is 2.24. The monoisotopic (exact) mass is 373 g/mol. The summed E-state index contributed by atoms with van der Waals surface area (Å²) in [6.45, 7) is 1.58. The van der Waals surface area contributed by atoms with Crippen molar-refractivity contribution in [1.82, 2.24) is 10.6 Å². The van der Waals surface area contributed by atoms with Gasteiger partial charge in [-0.1, -0.05) is 60.7 Å². The Bertz CT molecular complexity index is 982. The third-order valence-corrected chi connectivity index (χ3v) is 5.14. The van der Waals surface area contributed by atoms with Gasteiger partial charge in [0.15, 0.2) is 0 Å². The molecule has 3 aromatic carbocycles. The van der Waals surface area contributed by atoms with E-state index in [2.05, 4.69) is 28.8 Å². The molecule has 1 aliphatic heterocycles. The highest BCUT2D eigenvalue weighted by Gasteiger charge is 2.30. The number of anilines is 1. The van der Waals surface area contributed by atoms with E-state index in [1.807, 2.05) is 54.6 Å². The first-order valence-corrected chi connectivity index (χ1v) is 9.54. The molecular weight excluding hydrogens is 350 g/mol. The van der Waals surface area contributed by atoms with Crippen molar-refractivity contribution in [1.29, 1.82) is 0 Å². The zero-order chi connectivity index (χ0) is 19.3. The smallest absolute Gasteiger partial charge is 0.315 e. The van der Waals surface area contributed by atoms with Crippen LogP contribution in [0.3, 0.4) is 0 Å². The van der Waals surface area contributed by atoms with Gasteiger partial charge in [-0.2, -0.15) is 0 Å². The Balaban J connectivity index is 1.29. The number of hydrogen-bond donors (Lipinski definition) is 2. The molecule has 1 atom stereocenters. The van der Waals surface area contributed by atoms with Crippen molar-refractivity contribution in [3.05, 3.63) is 78.4 Å². The Morgan fingerprint density at radius 2 is 1.68 bits per heavy atom. The third-order valence-electron chi connectivity index (χ3n) is 5.14. The number of nitrogens with one attached hydrogen (secondary N) is 2. The summed E-state index contributed by atoms with van der Waals surface area (Å²) < 4.78 is 0. The van der Waals surface area contributed by atoms with Crippen LogP contribution in [0, 0.1) is 5.92 Å². The van der Waals surface area contributed by atoms with Gasteiger partial charge in [0.05, 0.1) is 0 Å². The lowest BCUT2D eigenvalue weighted by molar-refractivity contribution is -0.117. The Morgan fingerprint density at radius 1 is 0.929 bits per heavy atom. The van der Waals surface area contributed by atoms with Crippen LogP contribution in [0.4, 0.5) is 10.5 Å². The minimum atomic E-state index is -0.210. The summed E-state index contributed by atoms with van der Waals surface area (Å²) in [4.78, 5) is 26.3. The largest absolute Gasteiger partial charge is 0.338 e. The molecule has 0 aliphatic carbocycles. The molecular formula is C23H23N3O2. The van der Waals surface area contributed by atoms with Crippen molar-refractivity contribution in [2.24, 2.45) is 5.92 Å². The molecule has 1 heterocycles. The molecule has 1 aliphatic rings. The molecule has 4 rings (SSSR count). The van der Waals surface area contributed by atoms with Crippen molar-refractivity contribution in [3.63, 3.8) is 0 Å². The molecule has 1 unspecified atom stereocenters. The number of fused-ring (bicyclic) bond motifs is 1. The number of para-hydroxylation sites is 1. The fourth-order valence-electron chi connectivity index (χ4n) is 3.70. The molecule has 1 saturated heterocycles. The number of carbonyl (C=O) groups is 2. The van der Waals surface area contributed by atoms with Crippen molar-refractivity contribution in [3.8, 4) is 0 Å². The second kappa shape index (κ2) is 8.13. The first kappa shape index (κ1) is 18.0.